The lowest BCUT2D eigenvalue weighted by atomic mass is 10.6. The molecule has 1 aromatic heterocycles. The smallest absolute Gasteiger partial charge is 0.188 e. The van der Waals surface area contributed by atoms with E-state index in [0.29, 0.717) is 9.34 Å². The van der Waals surface area contributed by atoms with Gasteiger partial charge in [-0.25, -0.2) is 13.9 Å². The lowest BCUT2D eigenvalue weighted by Gasteiger charge is -1.97. The quantitative estimate of drug-likeness (QED) is 0.470. The van der Waals surface area contributed by atoms with E-state index in [2.05, 4.69) is 9.71 Å². The summed E-state index contributed by atoms with van der Waals surface area (Å²) in [6.07, 6.45) is 4.57. The Kier molecular flexibility index (Phi) is 3.14. The Bertz CT molecular complexity index is 453. The van der Waals surface area contributed by atoms with E-state index < -0.39 is 9.71 Å². The molecule has 1 N–H and O–H groups in total. The maximum Gasteiger partial charge on any atom is 0.188 e. The first-order valence-electron chi connectivity index (χ1n) is 3.14. The van der Waals surface area contributed by atoms with Gasteiger partial charge in [-0.2, -0.15) is 5.26 Å². The standard InChI is InChI=1S/C6H6ClN3OS2/c1-13(11,10-4-8)3-5-2-9-6(7)12-5/h2-3H,1H3,(H,10,11). The number of halogens is 1. The van der Waals surface area contributed by atoms with Crippen LogP contribution in [0.5, 0.6) is 0 Å². The van der Waals surface area contributed by atoms with Gasteiger partial charge in [0.15, 0.2) is 10.7 Å². The molecule has 0 amide bonds. The van der Waals surface area contributed by atoms with Crippen molar-refractivity contribution in [1.29, 1.82) is 5.26 Å². The molecular formula is C6H6ClN3OS2. The molecule has 0 radical (unpaired) electrons. The van der Waals surface area contributed by atoms with Gasteiger partial charge >= 0.3 is 0 Å². The van der Waals surface area contributed by atoms with Crippen LogP contribution in [0, 0.1) is 11.5 Å². The van der Waals surface area contributed by atoms with Crippen molar-refractivity contribution in [2.45, 2.75) is 0 Å². The van der Waals surface area contributed by atoms with Gasteiger partial charge in [0.05, 0.1) is 14.6 Å². The molecule has 0 bridgehead atoms. The van der Waals surface area contributed by atoms with Crippen molar-refractivity contribution < 1.29 is 4.21 Å². The van der Waals surface area contributed by atoms with Crippen LogP contribution in [0.3, 0.4) is 0 Å². The molecular weight excluding hydrogens is 230 g/mol. The van der Waals surface area contributed by atoms with Crippen LogP contribution in [0.25, 0.3) is 0 Å². The molecule has 0 aliphatic carbocycles. The van der Waals surface area contributed by atoms with Crippen LogP contribution in [-0.2, 0) is 9.71 Å². The Labute approximate surface area is 85.3 Å². The van der Waals surface area contributed by atoms with Crippen molar-refractivity contribution in [2.75, 3.05) is 6.26 Å². The average molecular weight is 236 g/mol. The number of hydrogen-bond acceptors (Lipinski definition) is 4. The molecule has 70 valence electrons. The molecule has 1 unspecified atom stereocenters. The van der Waals surface area contributed by atoms with Gasteiger partial charge in [-0.3, -0.25) is 0 Å². The fraction of sp³-hybridized carbons (Fsp3) is 0.167. The van der Waals surface area contributed by atoms with Gasteiger partial charge in [0.1, 0.15) is 0 Å². The van der Waals surface area contributed by atoms with Crippen molar-refractivity contribution in [1.82, 2.24) is 9.71 Å². The molecule has 1 atom stereocenters. The van der Waals surface area contributed by atoms with Crippen molar-refractivity contribution in [3.8, 4) is 6.19 Å². The first kappa shape index (κ1) is 10.3. The number of thiazole rings is 1. The summed E-state index contributed by atoms with van der Waals surface area (Å²) in [4.78, 5) is 4.46. The number of aromatic nitrogens is 1. The third kappa shape index (κ3) is 3.22. The predicted molar refractivity (Wildman–Crippen MR) is 55.1 cm³/mol. The fourth-order valence-corrected chi connectivity index (χ4v) is 2.87. The lowest BCUT2D eigenvalue weighted by Crippen LogP contribution is -2.18. The van der Waals surface area contributed by atoms with Gasteiger partial charge in [0.25, 0.3) is 0 Å². The number of nitrogens with one attached hydrogen (secondary N) is 1. The van der Waals surface area contributed by atoms with Gasteiger partial charge in [-0.05, 0) is 0 Å². The minimum absolute atomic E-state index is 0.387. The summed E-state index contributed by atoms with van der Waals surface area (Å²) in [5.41, 5.74) is 0. The zero-order chi connectivity index (χ0) is 9.90. The van der Waals surface area contributed by atoms with E-state index in [4.69, 9.17) is 16.9 Å². The Morgan fingerprint density at radius 2 is 2.62 bits per heavy atom. The van der Waals surface area contributed by atoms with Crippen LogP contribution in [-0.4, -0.2) is 20.8 Å². The Hall–Kier alpha value is -0.770. The highest BCUT2D eigenvalue weighted by atomic mass is 35.5. The minimum Gasteiger partial charge on any atom is -0.249 e. The number of rotatable bonds is 2. The highest BCUT2D eigenvalue weighted by molar-refractivity contribution is 7.99. The maximum atomic E-state index is 11.5. The van der Waals surface area contributed by atoms with Gasteiger partial charge in [-0.1, -0.05) is 11.6 Å². The summed E-state index contributed by atoms with van der Waals surface area (Å²) < 4.78 is 14.1. The molecule has 0 spiro atoms. The Morgan fingerprint density at radius 3 is 3.08 bits per heavy atom. The second-order valence-electron chi connectivity index (χ2n) is 2.25. The number of hydrogen-bond donors (Lipinski definition) is 1. The predicted octanol–water partition coefficient (Wildman–Crippen LogP) is 0.847. The molecule has 0 aliphatic rings. The van der Waals surface area contributed by atoms with Crippen LogP contribution in [0.1, 0.15) is 4.88 Å². The fourth-order valence-electron chi connectivity index (χ4n) is 0.661. The van der Waals surface area contributed by atoms with Crippen LogP contribution >= 0.6 is 22.9 Å². The molecule has 1 rings (SSSR count). The monoisotopic (exact) mass is 235 g/mol. The Morgan fingerprint density at radius 1 is 1.92 bits per heavy atom. The normalized spacial score (nSPS) is 14.2. The van der Waals surface area contributed by atoms with Crippen molar-refractivity contribution in [3.63, 3.8) is 0 Å². The first-order chi connectivity index (χ1) is 6.03. The second kappa shape index (κ2) is 3.96. The molecule has 0 saturated heterocycles. The van der Waals surface area contributed by atoms with E-state index in [0.717, 1.165) is 0 Å². The molecule has 0 aliphatic heterocycles. The van der Waals surface area contributed by atoms with Crippen molar-refractivity contribution in [2.24, 2.45) is 0 Å². The molecule has 0 fully saturated rings. The van der Waals surface area contributed by atoms with Crippen LogP contribution < -0.4 is 4.72 Å². The Balaban J connectivity index is 3.02. The molecule has 0 saturated carbocycles. The zero-order valence-electron chi connectivity index (χ0n) is 6.65. The van der Waals surface area contributed by atoms with Gasteiger partial charge in [0.2, 0.25) is 0 Å². The third-order valence-corrected chi connectivity index (χ3v) is 3.50. The molecule has 4 nitrogen and oxygen atoms in total. The van der Waals surface area contributed by atoms with Gasteiger partial charge in [-0.15, -0.1) is 11.3 Å². The summed E-state index contributed by atoms with van der Waals surface area (Å²) in [6, 6.07) is 0. The molecule has 13 heavy (non-hydrogen) atoms. The van der Waals surface area contributed by atoms with E-state index in [1.165, 1.54) is 29.2 Å². The molecule has 1 aromatic rings. The van der Waals surface area contributed by atoms with E-state index in [9.17, 15) is 4.21 Å². The van der Waals surface area contributed by atoms with Crippen molar-refractivity contribution in [3.05, 3.63) is 15.5 Å². The summed E-state index contributed by atoms with van der Waals surface area (Å²) in [5.74, 6) is 0. The summed E-state index contributed by atoms with van der Waals surface area (Å²) >= 11 is 6.79. The second-order valence-corrected chi connectivity index (χ2v) is 6.14. The highest BCUT2D eigenvalue weighted by Gasteiger charge is 2.00. The van der Waals surface area contributed by atoms with E-state index >= 15 is 0 Å². The SMILES string of the molecule is CS(=O)(=Cc1cnc(Cl)s1)NC#N. The summed E-state index contributed by atoms with van der Waals surface area (Å²) in [5, 5.41) is 9.73. The van der Waals surface area contributed by atoms with Crippen LogP contribution in [0.2, 0.25) is 4.47 Å². The van der Waals surface area contributed by atoms with Crippen molar-refractivity contribution >= 4 is 38.0 Å². The minimum atomic E-state index is -2.45. The largest absolute Gasteiger partial charge is 0.249 e. The van der Waals surface area contributed by atoms with Gasteiger partial charge in [0, 0.05) is 17.8 Å². The number of nitriles is 1. The van der Waals surface area contributed by atoms with E-state index in [1.54, 1.807) is 6.19 Å². The van der Waals surface area contributed by atoms with Gasteiger partial charge < -0.3 is 0 Å². The zero-order valence-corrected chi connectivity index (χ0v) is 9.04. The lowest BCUT2D eigenvalue weighted by molar-refractivity contribution is 0.682. The summed E-state index contributed by atoms with van der Waals surface area (Å²) in [7, 11) is -2.45. The first-order valence-corrected chi connectivity index (χ1v) is 6.37. The topological polar surface area (TPSA) is 65.8 Å². The molecule has 1 heterocycles. The van der Waals surface area contributed by atoms with Crippen LogP contribution in [0.15, 0.2) is 6.20 Å². The maximum absolute atomic E-state index is 11.5. The van der Waals surface area contributed by atoms with Crippen LogP contribution in [0.4, 0.5) is 0 Å². The average Bonchev–Trinajstić information content (AvgIpc) is 2.34. The molecule has 0 aromatic carbocycles. The third-order valence-electron chi connectivity index (χ3n) is 1.08. The van der Waals surface area contributed by atoms with E-state index in [1.807, 2.05) is 0 Å². The molecule has 7 heteroatoms. The summed E-state index contributed by atoms with van der Waals surface area (Å²) in [6.45, 7) is 0. The number of nitrogens with zero attached hydrogens (tertiary/aromatic N) is 2. The highest BCUT2D eigenvalue weighted by Crippen LogP contribution is 2.15. The van der Waals surface area contributed by atoms with E-state index in [-0.39, 0.29) is 0 Å².